The molecule has 4 rings (SSSR count). The van der Waals surface area contributed by atoms with Crippen LogP contribution in [0.25, 0.3) is 22.3 Å². The number of benzene rings is 1. The third-order valence-electron chi connectivity index (χ3n) is 6.08. The second-order valence-electron chi connectivity index (χ2n) is 9.19. The van der Waals surface area contributed by atoms with E-state index in [2.05, 4.69) is 37.1 Å². The van der Waals surface area contributed by atoms with Crippen LogP contribution in [0.3, 0.4) is 0 Å². The summed E-state index contributed by atoms with van der Waals surface area (Å²) in [6.45, 7) is 5.12. The van der Waals surface area contributed by atoms with Crippen molar-refractivity contribution in [2.45, 2.75) is 0 Å². The summed E-state index contributed by atoms with van der Waals surface area (Å²) in [6, 6.07) is 5.52. The Morgan fingerprint density at radius 1 is 1.10 bits per heavy atom. The molecule has 0 unspecified atom stereocenters. The van der Waals surface area contributed by atoms with Crippen LogP contribution in [0.2, 0.25) is 10.0 Å². The van der Waals surface area contributed by atoms with Crippen molar-refractivity contribution in [3.8, 4) is 17.0 Å². The fraction of sp³-hybridized carbons (Fsp3) is 0.259. The summed E-state index contributed by atoms with van der Waals surface area (Å²) in [5.74, 6) is 0.486. The minimum atomic E-state index is -0.333. The third-order valence-corrected chi connectivity index (χ3v) is 6.66. The second kappa shape index (κ2) is 11.9. The molecule has 1 aromatic carbocycles. The van der Waals surface area contributed by atoms with Crippen molar-refractivity contribution in [1.29, 1.82) is 0 Å². The van der Waals surface area contributed by atoms with Gasteiger partial charge in [0.05, 0.1) is 46.1 Å². The van der Waals surface area contributed by atoms with Crippen LogP contribution in [-0.4, -0.2) is 71.7 Å². The van der Waals surface area contributed by atoms with Gasteiger partial charge in [-0.2, -0.15) is 0 Å². The number of likely N-dealkylation sites (N-methyl/N-ethyl adjacent to an activating group) is 2. The zero-order valence-electron chi connectivity index (χ0n) is 22.4. The highest BCUT2D eigenvalue weighted by molar-refractivity contribution is 6.35. The van der Waals surface area contributed by atoms with Crippen molar-refractivity contribution in [2.75, 3.05) is 56.9 Å². The maximum Gasteiger partial charge on any atom is 0.247 e. The van der Waals surface area contributed by atoms with Crippen molar-refractivity contribution < 1.29 is 9.53 Å². The molecule has 0 aliphatic carbocycles. The Labute approximate surface area is 237 Å². The number of amides is 1. The summed E-state index contributed by atoms with van der Waals surface area (Å²) < 4.78 is 7.54. The molecular weight excluding hydrogens is 539 g/mol. The Hall–Kier alpha value is -3.86. The maximum absolute atomic E-state index is 12.2. The number of ether oxygens (including phenoxy) is 1. The van der Waals surface area contributed by atoms with Crippen molar-refractivity contribution in [3.05, 3.63) is 59.5 Å². The first-order valence-corrected chi connectivity index (χ1v) is 12.8. The van der Waals surface area contributed by atoms with E-state index in [0.29, 0.717) is 38.4 Å². The zero-order valence-corrected chi connectivity index (χ0v) is 23.9. The van der Waals surface area contributed by atoms with E-state index in [1.54, 1.807) is 25.6 Å². The fourth-order valence-electron chi connectivity index (χ4n) is 4.00. The van der Waals surface area contributed by atoms with Gasteiger partial charge in [0.25, 0.3) is 0 Å². The van der Waals surface area contributed by atoms with E-state index >= 15 is 0 Å². The number of carbonyl (C=O) groups is 1. The third kappa shape index (κ3) is 6.25. The van der Waals surface area contributed by atoms with Gasteiger partial charge in [0.15, 0.2) is 0 Å². The molecule has 0 radical (unpaired) electrons. The van der Waals surface area contributed by atoms with Gasteiger partial charge in [0.2, 0.25) is 11.9 Å². The van der Waals surface area contributed by atoms with Crippen LogP contribution in [0, 0.1) is 0 Å². The first kappa shape index (κ1) is 28.2. The number of anilines is 4. The molecule has 12 heteroatoms. The molecule has 2 N–H and O–H groups in total. The number of nitrogens with zero attached hydrogens (tertiary/aromatic N) is 6. The highest BCUT2D eigenvalue weighted by Crippen LogP contribution is 2.38. The summed E-state index contributed by atoms with van der Waals surface area (Å²) in [4.78, 5) is 29.9. The highest BCUT2D eigenvalue weighted by Gasteiger charge is 2.18. The summed E-state index contributed by atoms with van der Waals surface area (Å²) in [7, 11) is 9.42. The van der Waals surface area contributed by atoms with E-state index in [-0.39, 0.29) is 11.9 Å². The Balaban J connectivity index is 1.72. The number of pyridine rings is 1. The molecule has 0 atom stereocenters. The topological polar surface area (TPSA) is 100 Å². The van der Waals surface area contributed by atoms with Gasteiger partial charge >= 0.3 is 0 Å². The summed E-state index contributed by atoms with van der Waals surface area (Å²) >= 11 is 12.9. The largest absolute Gasteiger partial charge is 0.494 e. The molecule has 3 heterocycles. The minimum Gasteiger partial charge on any atom is -0.494 e. The number of hydrogen-bond donors (Lipinski definition) is 2. The molecule has 1 amide bonds. The number of fused-ring (bicyclic) bond motifs is 1. The predicted molar refractivity (Wildman–Crippen MR) is 159 cm³/mol. The summed E-state index contributed by atoms with van der Waals surface area (Å²) in [5.41, 5.74) is 3.84. The van der Waals surface area contributed by atoms with Crippen LogP contribution < -0.4 is 20.3 Å². The molecular formula is C27H30Cl2N8O2. The van der Waals surface area contributed by atoms with Gasteiger partial charge in [0, 0.05) is 56.6 Å². The number of halogens is 2. The lowest BCUT2D eigenvalue weighted by atomic mass is 10.1. The molecule has 4 aromatic rings. The van der Waals surface area contributed by atoms with Crippen molar-refractivity contribution >= 4 is 63.2 Å². The SMILES string of the molecule is C=CC(=O)Nc1cc(Nc2ncc(Cl)c(-c3cnc4c(c3)c(Cl)cn4C)n2)c(OC)cc1N(C)CCN(C)C. The van der Waals surface area contributed by atoms with E-state index < -0.39 is 0 Å². The first-order chi connectivity index (χ1) is 18.6. The molecule has 0 fully saturated rings. The maximum atomic E-state index is 12.2. The Kier molecular flexibility index (Phi) is 8.59. The van der Waals surface area contributed by atoms with Crippen LogP contribution in [0.5, 0.6) is 5.75 Å². The lowest BCUT2D eigenvalue weighted by Crippen LogP contribution is -2.29. The van der Waals surface area contributed by atoms with Crippen molar-refractivity contribution in [2.24, 2.45) is 7.05 Å². The molecule has 0 saturated heterocycles. The van der Waals surface area contributed by atoms with Gasteiger partial charge in [-0.3, -0.25) is 4.79 Å². The molecule has 10 nitrogen and oxygen atoms in total. The summed E-state index contributed by atoms with van der Waals surface area (Å²) in [5, 5.41) is 7.82. The van der Waals surface area contributed by atoms with E-state index in [1.165, 1.54) is 12.3 Å². The molecule has 3 aromatic heterocycles. The van der Waals surface area contributed by atoms with Gasteiger partial charge in [-0.25, -0.2) is 15.0 Å². The number of rotatable bonds is 10. The number of aromatic nitrogens is 4. The lowest BCUT2D eigenvalue weighted by molar-refractivity contribution is -0.111. The lowest BCUT2D eigenvalue weighted by Gasteiger charge is -2.26. The molecule has 0 aliphatic heterocycles. The minimum absolute atomic E-state index is 0.279. The smallest absolute Gasteiger partial charge is 0.247 e. The van der Waals surface area contributed by atoms with E-state index in [1.807, 2.05) is 49.8 Å². The Bertz CT molecular complexity index is 1540. The highest BCUT2D eigenvalue weighted by atomic mass is 35.5. The van der Waals surface area contributed by atoms with Crippen LogP contribution in [0.1, 0.15) is 0 Å². The van der Waals surface area contributed by atoms with Crippen LogP contribution >= 0.6 is 23.2 Å². The standard InChI is InChI=1S/C27H30Cl2N8O2/c1-7-24(38)32-20-11-21(23(39-6)12-22(20)36(4)9-8-35(2)3)33-27-31-14-18(28)25(34-27)16-10-17-19(29)15-37(5)26(17)30-13-16/h7,10-15H,1,8-9H2,2-6H3,(H,32,38)(H,31,33,34). The first-order valence-electron chi connectivity index (χ1n) is 12.0. The number of aryl methyl sites for hydroxylation is 1. The van der Waals surface area contributed by atoms with E-state index in [9.17, 15) is 4.79 Å². The normalized spacial score (nSPS) is 11.1. The van der Waals surface area contributed by atoms with Gasteiger partial charge < -0.3 is 29.7 Å². The molecule has 0 aliphatic rings. The molecule has 0 spiro atoms. The van der Waals surface area contributed by atoms with Gasteiger partial charge in [-0.1, -0.05) is 29.8 Å². The fourth-order valence-corrected chi connectivity index (χ4v) is 4.49. The Morgan fingerprint density at radius 3 is 2.56 bits per heavy atom. The van der Waals surface area contributed by atoms with E-state index in [0.717, 1.165) is 29.8 Å². The van der Waals surface area contributed by atoms with Crippen molar-refractivity contribution in [3.63, 3.8) is 0 Å². The second-order valence-corrected chi connectivity index (χ2v) is 10.0. The number of carbonyl (C=O) groups excluding carboxylic acids is 1. The van der Waals surface area contributed by atoms with Gasteiger partial charge in [-0.15, -0.1) is 0 Å². The van der Waals surface area contributed by atoms with E-state index in [4.69, 9.17) is 27.9 Å². The van der Waals surface area contributed by atoms with Gasteiger partial charge in [0.1, 0.15) is 11.4 Å². The molecule has 0 bridgehead atoms. The Morgan fingerprint density at radius 2 is 1.87 bits per heavy atom. The number of methoxy groups -OCH3 is 1. The van der Waals surface area contributed by atoms with Crippen molar-refractivity contribution in [1.82, 2.24) is 24.4 Å². The van der Waals surface area contributed by atoms with Crippen LogP contribution in [0.4, 0.5) is 23.0 Å². The average molecular weight is 569 g/mol. The van der Waals surface area contributed by atoms with Crippen LogP contribution in [0.15, 0.2) is 49.4 Å². The molecule has 39 heavy (non-hydrogen) atoms. The number of nitrogens with one attached hydrogen (secondary N) is 2. The predicted octanol–water partition coefficient (Wildman–Crippen LogP) is 5.21. The zero-order chi connectivity index (χ0) is 28.3. The quantitative estimate of drug-likeness (QED) is 0.251. The average Bonchev–Trinajstić information content (AvgIpc) is 3.20. The molecule has 0 saturated carbocycles. The van der Waals surface area contributed by atoms with Crippen LogP contribution in [-0.2, 0) is 11.8 Å². The number of hydrogen-bond acceptors (Lipinski definition) is 8. The molecule has 204 valence electrons. The van der Waals surface area contributed by atoms with Gasteiger partial charge in [-0.05, 0) is 32.3 Å². The monoisotopic (exact) mass is 568 g/mol. The summed E-state index contributed by atoms with van der Waals surface area (Å²) in [6.07, 6.45) is 6.23.